The van der Waals surface area contributed by atoms with E-state index in [0.29, 0.717) is 0 Å². The van der Waals surface area contributed by atoms with Crippen LogP contribution in [0.4, 0.5) is 0 Å². The Balaban J connectivity index is -0.000000135. The van der Waals surface area contributed by atoms with Crippen molar-refractivity contribution in [2.24, 2.45) is 0 Å². The number of nitrogens with zero attached hydrogens (tertiary/aromatic N) is 2. The molecule has 0 bridgehead atoms. The van der Waals surface area contributed by atoms with Gasteiger partial charge in [0.15, 0.2) is 0 Å². The van der Waals surface area contributed by atoms with Crippen molar-refractivity contribution in [3.63, 3.8) is 0 Å². The fourth-order valence-electron chi connectivity index (χ4n) is 0.0577. The minimum absolute atomic E-state index is 0.365. The third-order valence-corrected chi connectivity index (χ3v) is 0.421. The monoisotopic (exact) mass is 218 g/mol. The molecule has 0 spiro atoms. The van der Waals surface area contributed by atoms with Gasteiger partial charge in [-0.05, 0) is 0 Å². The van der Waals surface area contributed by atoms with Crippen molar-refractivity contribution >= 4 is 0 Å². The molecule has 0 aromatic carbocycles. The summed E-state index contributed by atoms with van der Waals surface area (Å²) in [6, 6.07) is 0. The van der Waals surface area contributed by atoms with Gasteiger partial charge in [-0.25, -0.2) is 0 Å². The van der Waals surface area contributed by atoms with Crippen molar-refractivity contribution in [1.29, 1.82) is 0 Å². The number of rotatable bonds is 2. The van der Waals surface area contributed by atoms with Gasteiger partial charge in [0.05, 0.1) is 13.2 Å². The van der Waals surface area contributed by atoms with Crippen molar-refractivity contribution < 1.29 is 35.9 Å². The number of hydrogen-bond donors (Lipinski definition) is 5. The zero-order chi connectivity index (χ0) is 12.1. The van der Waals surface area contributed by atoms with E-state index in [1.54, 1.807) is 0 Å². The van der Waals surface area contributed by atoms with Gasteiger partial charge < -0.3 is 25.7 Å². The molecule has 0 aliphatic carbocycles. The van der Waals surface area contributed by atoms with Gasteiger partial charge in [0.25, 0.3) is 10.2 Å². The van der Waals surface area contributed by atoms with Crippen LogP contribution in [0.5, 0.6) is 0 Å². The maximum absolute atomic E-state index is 8.36. The fourth-order valence-corrected chi connectivity index (χ4v) is 0.0577. The number of hydrogen-bond acceptors (Lipinski definition) is 7. The Morgan fingerprint density at radius 1 is 1.00 bits per heavy atom. The lowest BCUT2D eigenvalue weighted by atomic mass is 10.4. The molecule has 0 saturated carbocycles. The molecule has 5 N–H and O–H groups in total. The van der Waals surface area contributed by atoms with Crippen LogP contribution in [0.3, 0.4) is 0 Å². The molecule has 86 valence electrons. The highest BCUT2D eigenvalue weighted by Crippen LogP contribution is 1.71. The maximum atomic E-state index is 8.36. The summed E-state index contributed by atoms with van der Waals surface area (Å²) in [5.74, 6) is 0. The van der Waals surface area contributed by atoms with Crippen LogP contribution >= 0.6 is 0 Å². The summed E-state index contributed by atoms with van der Waals surface area (Å²) in [6.07, 6.45) is -0.954. The normalized spacial score (nSPS) is 7.71. The topological polar surface area (TPSA) is 187 Å². The Labute approximate surface area is 76.7 Å². The summed E-state index contributed by atoms with van der Waals surface area (Å²) < 4.78 is 0. The average molecular weight is 218 g/mol. The highest BCUT2D eigenvalue weighted by molar-refractivity contribution is 4.43. The third kappa shape index (κ3) is 170. The Morgan fingerprint density at radius 2 is 1.14 bits per heavy atom. The highest BCUT2D eigenvalue weighted by Gasteiger charge is 1.93. The van der Waals surface area contributed by atoms with Crippen LogP contribution in [0.1, 0.15) is 0 Å². The molecular weight excluding hydrogens is 208 g/mol. The van der Waals surface area contributed by atoms with Crippen LogP contribution in [-0.4, -0.2) is 55.2 Å². The van der Waals surface area contributed by atoms with Gasteiger partial charge in [0, 0.05) is 0 Å². The fraction of sp³-hybridized carbons (Fsp3) is 1.00. The van der Waals surface area contributed by atoms with Gasteiger partial charge >= 0.3 is 0 Å². The van der Waals surface area contributed by atoms with Gasteiger partial charge in [0.2, 0.25) is 0 Å². The highest BCUT2D eigenvalue weighted by atomic mass is 16.9. The molecule has 0 aliphatic rings. The molecule has 0 fully saturated rings. The van der Waals surface area contributed by atoms with E-state index in [4.69, 9.17) is 46.0 Å². The van der Waals surface area contributed by atoms with E-state index in [1.807, 2.05) is 0 Å². The van der Waals surface area contributed by atoms with Gasteiger partial charge in [-0.15, -0.1) is 20.2 Å². The Hall–Kier alpha value is -1.72. The first kappa shape index (κ1) is 18.1. The summed E-state index contributed by atoms with van der Waals surface area (Å²) in [7, 11) is 0. The summed E-state index contributed by atoms with van der Waals surface area (Å²) >= 11 is 0. The van der Waals surface area contributed by atoms with Gasteiger partial charge in [-0.1, -0.05) is 0 Å². The minimum Gasteiger partial charge on any atom is -0.394 e. The van der Waals surface area contributed by atoms with E-state index in [9.17, 15) is 0 Å². The summed E-state index contributed by atoms with van der Waals surface area (Å²) in [5.41, 5.74) is 0. The Morgan fingerprint density at radius 3 is 1.14 bits per heavy atom. The van der Waals surface area contributed by atoms with E-state index in [2.05, 4.69) is 0 Å². The van der Waals surface area contributed by atoms with Crippen LogP contribution < -0.4 is 0 Å². The summed E-state index contributed by atoms with van der Waals surface area (Å²) in [6.45, 7) is -0.729. The Kier molecular flexibility index (Phi) is 17.9. The second kappa shape index (κ2) is 13.8. The minimum atomic E-state index is -1.50. The van der Waals surface area contributed by atoms with E-state index in [1.165, 1.54) is 0 Å². The summed E-state index contributed by atoms with van der Waals surface area (Å²) in [4.78, 5) is 16.7. The lowest BCUT2D eigenvalue weighted by Crippen LogP contribution is -2.15. The molecule has 0 aromatic heterocycles. The van der Waals surface area contributed by atoms with Crippen molar-refractivity contribution in [1.82, 2.24) is 0 Å². The lowest BCUT2D eigenvalue weighted by molar-refractivity contribution is -0.742. The van der Waals surface area contributed by atoms with Crippen LogP contribution in [0.2, 0.25) is 0 Å². The van der Waals surface area contributed by atoms with Crippen molar-refractivity contribution in [2.75, 3.05) is 13.2 Å². The molecular formula is C3H10N2O9. The predicted molar refractivity (Wildman–Crippen MR) is 37.7 cm³/mol. The number of aliphatic hydroxyl groups excluding tert-OH is 3. The lowest BCUT2D eigenvalue weighted by Gasteiger charge is -1.96. The SMILES string of the molecule is O=[N+]([O-])O.O=[N+]([O-])O.OCC(O)CO. The maximum Gasteiger partial charge on any atom is 0.291 e. The van der Waals surface area contributed by atoms with Crippen molar-refractivity contribution in [3.8, 4) is 0 Å². The molecule has 0 atom stereocenters. The molecule has 0 amide bonds. The first-order valence-corrected chi connectivity index (χ1v) is 2.84. The molecule has 0 radical (unpaired) electrons. The van der Waals surface area contributed by atoms with E-state index in [-0.39, 0.29) is 13.2 Å². The van der Waals surface area contributed by atoms with Crippen LogP contribution in [0.25, 0.3) is 0 Å². The van der Waals surface area contributed by atoms with Gasteiger partial charge in [-0.3, -0.25) is 0 Å². The van der Waals surface area contributed by atoms with Crippen molar-refractivity contribution in [3.05, 3.63) is 20.2 Å². The van der Waals surface area contributed by atoms with Gasteiger partial charge in [0.1, 0.15) is 6.10 Å². The summed E-state index contributed by atoms with van der Waals surface area (Å²) in [5, 5.41) is 51.3. The molecule has 14 heavy (non-hydrogen) atoms. The van der Waals surface area contributed by atoms with Crippen LogP contribution in [0.15, 0.2) is 0 Å². The molecule has 0 rings (SSSR count). The van der Waals surface area contributed by atoms with Crippen LogP contribution in [-0.2, 0) is 0 Å². The van der Waals surface area contributed by atoms with E-state index >= 15 is 0 Å². The Bertz CT molecular complexity index is 125. The molecule has 11 heteroatoms. The first-order chi connectivity index (χ1) is 6.27. The molecule has 11 nitrogen and oxygen atoms in total. The molecule has 0 unspecified atom stereocenters. The molecule has 0 aliphatic heterocycles. The van der Waals surface area contributed by atoms with E-state index < -0.39 is 16.3 Å². The largest absolute Gasteiger partial charge is 0.394 e. The third-order valence-electron chi connectivity index (χ3n) is 0.421. The molecule has 0 heterocycles. The second-order valence-electron chi connectivity index (χ2n) is 1.49. The van der Waals surface area contributed by atoms with E-state index in [0.717, 1.165) is 0 Å². The van der Waals surface area contributed by atoms with Gasteiger partial charge in [-0.2, -0.15) is 0 Å². The quantitative estimate of drug-likeness (QED) is 0.249. The smallest absolute Gasteiger partial charge is 0.291 e. The number of aliphatic hydroxyl groups is 3. The molecule has 0 saturated heterocycles. The second-order valence-corrected chi connectivity index (χ2v) is 1.49. The zero-order valence-corrected chi connectivity index (χ0v) is 6.76. The zero-order valence-electron chi connectivity index (χ0n) is 6.76. The predicted octanol–water partition coefficient (Wildman–Crippen LogP) is -2.36. The molecule has 0 aromatic rings. The van der Waals surface area contributed by atoms with Crippen LogP contribution in [0, 0.1) is 20.2 Å². The first-order valence-electron chi connectivity index (χ1n) is 2.84. The van der Waals surface area contributed by atoms with Crippen molar-refractivity contribution in [2.45, 2.75) is 6.10 Å². The average Bonchev–Trinajstić information content (AvgIpc) is 2.01. The standard InChI is InChI=1S/C3H8O3.2HNO3/c4-1-3(6)2-5;2*2-1(3)4/h3-6H,1-2H2;2*(H,2,3,4).